The number of amides is 1. The first-order chi connectivity index (χ1) is 17.8. The highest BCUT2D eigenvalue weighted by Gasteiger charge is 2.22. The van der Waals surface area contributed by atoms with Crippen LogP contribution in [0.15, 0.2) is 82.6 Å². The third kappa shape index (κ3) is 4.40. The predicted octanol–water partition coefficient (Wildman–Crippen LogP) is 3.89. The summed E-state index contributed by atoms with van der Waals surface area (Å²) in [4.78, 5) is 36.6. The average molecular weight is 496 g/mol. The lowest BCUT2D eigenvalue weighted by Crippen LogP contribution is -2.27. The molecule has 5 aromatic rings. The monoisotopic (exact) mass is 495 g/mol. The number of para-hydroxylation sites is 1. The van der Waals surface area contributed by atoms with E-state index in [-0.39, 0.29) is 28.8 Å². The van der Waals surface area contributed by atoms with Crippen LogP contribution >= 0.6 is 0 Å². The molecule has 0 bridgehead atoms. The van der Waals surface area contributed by atoms with E-state index in [1.54, 1.807) is 24.9 Å². The van der Waals surface area contributed by atoms with Crippen LogP contribution in [0.25, 0.3) is 27.6 Å². The molecular formula is C27H25N7O3. The number of hydrogen-bond acceptors (Lipinski definition) is 8. The Labute approximate surface area is 212 Å². The number of anilines is 2. The molecule has 186 valence electrons. The maximum absolute atomic E-state index is 14.1. The number of hydrogen-bond donors (Lipinski definition) is 2. The first kappa shape index (κ1) is 23.7. The Balaban J connectivity index is 1.71. The molecule has 0 saturated carbocycles. The second-order valence-electron chi connectivity index (χ2n) is 8.78. The molecule has 0 spiro atoms. The third-order valence-corrected chi connectivity index (χ3v) is 6.07. The number of carbonyl (C=O) groups is 1. The van der Waals surface area contributed by atoms with Gasteiger partial charge in [0.25, 0.3) is 11.5 Å². The molecule has 0 fully saturated rings. The molecule has 0 aliphatic rings. The molecule has 1 atom stereocenters. The summed E-state index contributed by atoms with van der Waals surface area (Å²) in [5.74, 6) is 0.0402. The molecule has 0 unspecified atom stereocenters. The number of rotatable bonds is 6. The van der Waals surface area contributed by atoms with Gasteiger partial charge in [-0.25, -0.2) is 4.98 Å². The summed E-state index contributed by atoms with van der Waals surface area (Å²) in [5.41, 5.74) is 8.73. The maximum Gasteiger partial charge on any atom is 0.263 e. The lowest BCUT2D eigenvalue weighted by molar-refractivity contribution is 0.0827. The summed E-state index contributed by atoms with van der Waals surface area (Å²) in [6, 6.07) is 16.5. The van der Waals surface area contributed by atoms with Crippen LogP contribution in [0.3, 0.4) is 0 Å². The van der Waals surface area contributed by atoms with E-state index in [0.717, 1.165) is 10.9 Å². The summed E-state index contributed by atoms with van der Waals surface area (Å²) < 4.78 is 6.70. The van der Waals surface area contributed by atoms with Crippen LogP contribution in [-0.4, -0.2) is 44.6 Å². The summed E-state index contributed by atoms with van der Waals surface area (Å²) >= 11 is 0. The fourth-order valence-corrected chi connectivity index (χ4v) is 4.30. The topological polar surface area (TPSA) is 132 Å². The summed E-state index contributed by atoms with van der Waals surface area (Å²) in [6.45, 7) is 1.89. The number of carbonyl (C=O) groups excluding carboxylic acids is 1. The molecule has 0 radical (unpaired) electrons. The zero-order valence-electron chi connectivity index (χ0n) is 20.5. The van der Waals surface area contributed by atoms with Gasteiger partial charge in [0.05, 0.1) is 17.6 Å². The molecule has 37 heavy (non-hydrogen) atoms. The Morgan fingerprint density at radius 1 is 1.11 bits per heavy atom. The van der Waals surface area contributed by atoms with Crippen molar-refractivity contribution in [2.45, 2.75) is 13.0 Å². The van der Waals surface area contributed by atoms with Crippen LogP contribution < -0.4 is 16.6 Å². The smallest absolute Gasteiger partial charge is 0.263 e. The highest BCUT2D eigenvalue weighted by atomic mass is 16.5. The van der Waals surface area contributed by atoms with Gasteiger partial charge in [-0.05, 0) is 36.1 Å². The maximum atomic E-state index is 14.1. The molecule has 3 aromatic heterocycles. The Morgan fingerprint density at radius 2 is 1.89 bits per heavy atom. The van der Waals surface area contributed by atoms with Crippen molar-refractivity contribution in [1.82, 2.24) is 24.6 Å². The lowest BCUT2D eigenvalue weighted by atomic mass is 10.00. The van der Waals surface area contributed by atoms with E-state index in [1.165, 1.54) is 17.4 Å². The molecule has 2 aromatic carbocycles. The standard InChI is InChI=1S/C27H25N7O3/c1-16(31-24-21(25(35)33(2)3)14-29-27(28)32-24)22-12-17-8-7-11-20(18-13-30-37-15-18)23(17)26(36)34(22)19-9-5-4-6-10-19/h4-16H,1-3H3,(H3,28,29,31,32)/t16-/m0/s1. The zero-order chi connectivity index (χ0) is 26.1. The molecule has 10 heteroatoms. The number of pyridine rings is 1. The molecule has 0 saturated heterocycles. The van der Waals surface area contributed by atoms with Crippen molar-refractivity contribution in [2.24, 2.45) is 0 Å². The van der Waals surface area contributed by atoms with Crippen molar-refractivity contribution in [3.63, 3.8) is 0 Å². The van der Waals surface area contributed by atoms with E-state index in [1.807, 2.05) is 61.5 Å². The van der Waals surface area contributed by atoms with Gasteiger partial charge in [0, 0.05) is 37.2 Å². The number of nitrogens with zero attached hydrogens (tertiary/aromatic N) is 5. The van der Waals surface area contributed by atoms with E-state index in [4.69, 9.17) is 10.3 Å². The van der Waals surface area contributed by atoms with Gasteiger partial charge in [-0.3, -0.25) is 14.2 Å². The Hall–Kier alpha value is -4.99. The molecular weight excluding hydrogens is 470 g/mol. The van der Waals surface area contributed by atoms with Gasteiger partial charge in [-0.2, -0.15) is 4.98 Å². The minimum Gasteiger partial charge on any atom is -0.368 e. The molecule has 10 nitrogen and oxygen atoms in total. The van der Waals surface area contributed by atoms with Crippen molar-refractivity contribution >= 4 is 28.4 Å². The van der Waals surface area contributed by atoms with Gasteiger partial charge in [-0.1, -0.05) is 41.6 Å². The predicted molar refractivity (Wildman–Crippen MR) is 142 cm³/mol. The zero-order valence-corrected chi connectivity index (χ0v) is 20.5. The number of nitrogens with two attached hydrogens (primary N) is 1. The van der Waals surface area contributed by atoms with Crippen molar-refractivity contribution in [3.05, 3.63) is 94.9 Å². The molecule has 5 rings (SSSR count). The van der Waals surface area contributed by atoms with Crippen LogP contribution in [0.4, 0.5) is 11.8 Å². The van der Waals surface area contributed by atoms with Crippen LogP contribution in [0.5, 0.6) is 0 Å². The Bertz CT molecular complexity index is 1640. The van der Waals surface area contributed by atoms with Gasteiger partial charge in [0.2, 0.25) is 5.95 Å². The molecule has 0 aliphatic carbocycles. The van der Waals surface area contributed by atoms with Crippen molar-refractivity contribution < 1.29 is 9.32 Å². The second kappa shape index (κ2) is 9.57. The third-order valence-electron chi connectivity index (χ3n) is 6.07. The normalized spacial score (nSPS) is 11.9. The SMILES string of the molecule is C[C@H](Nc1nc(N)ncc1C(=O)N(C)C)c1cc2cccc(-c3cnoc3)c2c(=O)n1-c1ccccc1. The Morgan fingerprint density at radius 3 is 2.59 bits per heavy atom. The second-order valence-corrected chi connectivity index (χ2v) is 8.78. The van der Waals surface area contributed by atoms with Crippen LogP contribution in [0, 0.1) is 0 Å². The molecule has 1 amide bonds. The van der Waals surface area contributed by atoms with Gasteiger partial charge >= 0.3 is 0 Å². The highest BCUT2D eigenvalue weighted by molar-refractivity contribution is 5.98. The summed E-state index contributed by atoms with van der Waals surface area (Å²) in [7, 11) is 3.30. The first-order valence-corrected chi connectivity index (χ1v) is 11.6. The first-order valence-electron chi connectivity index (χ1n) is 11.6. The quantitative estimate of drug-likeness (QED) is 0.363. The number of aromatic nitrogens is 4. The van der Waals surface area contributed by atoms with Gasteiger partial charge < -0.3 is 20.5 Å². The van der Waals surface area contributed by atoms with Gasteiger partial charge in [0.1, 0.15) is 17.6 Å². The van der Waals surface area contributed by atoms with Crippen LogP contribution in [0.2, 0.25) is 0 Å². The van der Waals surface area contributed by atoms with Gasteiger partial charge in [0.15, 0.2) is 0 Å². The number of nitrogens with one attached hydrogen (secondary N) is 1. The fourth-order valence-electron chi connectivity index (χ4n) is 4.30. The fraction of sp³-hybridized carbons (Fsp3) is 0.148. The van der Waals surface area contributed by atoms with E-state index < -0.39 is 6.04 Å². The highest BCUT2D eigenvalue weighted by Crippen LogP contribution is 2.30. The summed E-state index contributed by atoms with van der Waals surface area (Å²) in [6.07, 6.45) is 4.50. The minimum atomic E-state index is -0.445. The van der Waals surface area contributed by atoms with Gasteiger partial charge in [-0.15, -0.1) is 0 Å². The van der Waals surface area contributed by atoms with Crippen LogP contribution in [-0.2, 0) is 0 Å². The van der Waals surface area contributed by atoms with E-state index in [0.29, 0.717) is 22.3 Å². The lowest BCUT2D eigenvalue weighted by Gasteiger charge is -2.23. The Kier molecular flexibility index (Phi) is 6.14. The van der Waals surface area contributed by atoms with Crippen LogP contribution in [0.1, 0.15) is 29.0 Å². The molecule has 3 heterocycles. The van der Waals surface area contributed by atoms with E-state index >= 15 is 0 Å². The minimum absolute atomic E-state index is 0.0299. The number of nitrogen functional groups attached to an aromatic ring is 1. The molecule has 0 aliphatic heterocycles. The summed E-state index contributed by atoms with van der Waals surface area (Å²) in [5, 5.41) is 8.39. The van der Waals surface area contributed by atoms with E-state index in [2.05, 4.69) is 20.4 Å². The molecule has 3 N–H and O–H groups in total. The average Bonchev–Trinajstić information content (AvgIpc) is 3.43. The number of benzene rings is 2. The van der Waals surface area contributed by atoms with Crippen molar-refractivity contribution in [1.29, 1.82) is 0 Å². The van der Waals surface area contributed by atoms with Crippen molar-refractivity contribution in [3.8, 4) is 16.8 Å². The largest absolute Gasteiger partial charge is 0.368 e. The van der Waals surface area contributed by atoms with E-state index in [9.17, 15) is 9.59 Å². The van der Waals surface area contributed by atoms with Crippen molar-refractivity contribution in [2.75, 3.05) is 25.1 Å². The number of fused-ring (bicyclic) bond motifs is 1.